The zero-order valence-electron chi connectivity index (χ0n) is 15.8. The summed E-state index contributed by atoms with van der Waals surface area (Å²) in [5, 5.41) is 5.76. The van der Waals surface area contributed by atoms with E-state index in [9.17, 15) is 0 Å². The first-order valence-electron chi connectivity index (χ1n) is 9.78. The lowest BCUT2D eigenvalue weighted by molar-refractivity contribution is 1.10. The molecule has 1 saturated carbocycles. The van der Waals surface area contributed by atoms with Gasteiger partial charge < -0.3 is 5.32 Å². The van der Waals surface area contributed by atoms with Gasteiger partial charge in [-0.3, -0.25) is 9.97 Å². The number of hydrogen-bond donors (Lipinski definition) is 1. The first-order valence-corrected chi connectivity index (χ1v) is 11.4. The largest absolute Gasteiger partial charge is 0.340 e. The Bertz CT molecular complexity index is 1410. The third kappa shape index (κ3) is 3.24. The van der Waals surface area contributed by atoms with E-state index in [-0.39, 0.29) is 0 Å². The lowest BCUT2D eigenvalue weighted by Crippen LogP contribution is -1.98. The van der Waals surface area contributed by atoms with E-state index in [4.69, 9.17) is 9.97 Å². The molecule has 0 atom stereocenters. The molecule has 0 saturated heterocycles. The Morgan fingerprint density at radius 3 is 2.80 bits per heavy atom. The average molecular weight is 474 g/mol. The van der Waals surface area contributed by atoms with Gasteiger partial charge in [0.25, 0.3) is 0 Å². The summed E-state index contributed by atoms with van der Waals surface area (Å²) >= 11 is 5.39. The van der Waals surface area contributed by atoms with E-state index in [2.05, 4.69) is 49.4 Å². The summed E-state index contributed by atoms with van der Waals surface area (Å²) in [5.41, 5.74) is 4.78. The number of benzene rings is 1. The van der Waals surface area contributed by atoms with E-state index in [1.807, 2.05) is 24.3 Å². The molecule has 0 bridgehead atoms. The Kier molecular flexibility index (Phi) is 4.24. The van der Waals surface area contributed by atoms with Crippen LogP contribution in [0.4, 0.5) is 11.5 Å². The topological polar surface area (TPSA) is 63.6 Å². The second-order valence-electron chi connectivity index (χ2n) is 7.42. The molecule has 30 heavy (non-hydrogen) atoms. The summed E-state index contributed by atoms with van der Waals surface area (Å²) in [6.45, 7) is 0. The van der Waals surface area contributed by atoms with Crippen LogP contribution in [0.1, 0.15) is 23.8 Å². The van der Waals surface area contributed by atoms with Gasteiger partial charge in [-0.15, -0.1) is 11.3 Å². The summed E-state index contributed by atoms with van der Waals surface area (Å²) < 4.78 is 2.11. The van der Waals surface area contributed by atoms with Crippen molar-refractivity contribution in [3.8, 4) is 11.3 Å². The lowest BCUT2D eigenvalue weighted by Gasteiger charge is -2.12. The number of halogens is 1. The SMILES string of the molecule is Brc1cnccc1-c1cc2ncccc2c(Nc2ccc3nc(C4CC4)sc3c2)n1. The minimum atomic E-state index is 0.672. The molecule has 1 fully saturated rings. The molecule has 1 aromatic carbocycles. The molecular formula is C23H16BrN5S. The second kappa shape index (κ2) is 7.11. The van der Waals surface area contributed by atoms with Gasteiger partial charge in [0, 0.05) is 45.6 Å². The molecule has 146 valence electrons. The van der Waals surface area contributed by atoms with Gasteiger partial charge in [0.1, 0.15) is 5.82 Å². The minimum absolute atomic E-state index is 0.672. The van der Waals surface area contributed by atoms with Crippen LogP contribution in [0.25, 0.3) is 32.4 Å². The maximum atomic E-state index is 4.93. The normalized spacial score (nSPS) is 13.8. The smallest absolute Gasteiger partial charge is 0.140 e. The van der Waals surface area contributed by atoms with Crippen molar-refractivity contribution in [1.29, 1.82) is 0 Å². The van der Waals surface area contributed by atoms with Gasteiger partial charge in [0.05, 0.1) is 26.4 Å². The molecule has 7 heteroatoms. The predicted molar refractivity (Wildman–Crippen MR) is 125 cm³/mol. The molecule has 4 aromatic heterocycles. The maximum absolute atomic E-state index is 4.93. The summed E-state index contributed by atoms with van der Waals surface area (Å²) in [6, 6.07) is 14.3. The number of hydrogen-bond acceptors (Lipinski definition) is 6. The standard InChI is InChI=1S/C23H16BrN5S/c24-17-12-25-9-7-15(17)20-11-19-16(2-1-8-26-19)22(28-20)27-14-5-6-18-21(10-14)30-23(29-18)13-3-4-13/h1-2,5-13H,3-4H2,(H,27,28). The molecule has 1 aliphatic rings. The van der Waals surface area contributed by atoms with Gasteiger partial charge in [-0.05, 0) is 71.2 Å². The highest BCUT2D eigenvalue weighted by Crippen LogP contribution is 2.43. The van der Waals surface area contributed by atoms with Gasteiger partial charge in [-0.2, -0.15) is 0 Å². The van der Waals surface area contributed by atoms with E-state index in [0.29, 0.717) is 5.92 Å². The minimum Gasteiger partial charge on any atom is -0.340 e. The van der Waals surface area contributed by atoms with Crippen LogP contribution >= 0.6 is 27.3 Å². The third-order valence-electron chi connectivity index (χ3n) is 5.24. The number of fused-ring (bicyclic) bond motifs is 2. The summed E-state index contributed by atoms with van der Waals surface area (Å²) in [7, 11) is 0. The number of rotatable bonds is 4. The number of nitrogens with one attached hydrogen (secondary N) is 1. The first kappa shape index (κ1) is 17.9. The van der Waals surface area contributed by atoms with Gasteiger partial charge >= 0.3 is 0 Å². The number of pyridine rings is 3. The number of aromatic nitrogens is 4. The summed E-state index contributed by atoms with van der Waals surface area (Å²) in [4.78, 5) is 18.4. The molecular weight excluding hydrogens is 458 g/mol. The van der Waals surface area contributed by atoms with E-state index < -0.39 is 0 Å². The van der Waals surface area contributed by atoms with E-state index >= 15 is 0 Å². The Balaban J connectivity index is 1.45. The molecule has 0 amide bonds. The van der Waals surface area contributed by atoms with Crippen molar-refractivity contribution in [2.24, 2.45) is 0 Å². The van der Waals surface area contributed by atoms with Gasteiger partial charge in [0.15, 0.2) is 0 Å². The molecule has 0 unspecified atom stereocenters. The first-order chi connectivity index (χ1) is 14.7. The summed E-state index contributed by atoms with van der Waals surface area (Å²) in [5.74, 6) is 1.46. The van der Waals surface area contributed by atoms with Crippen LogP contribution in [-0.2, 0) is 0 Å². The van der Waals surface area contributed by atoms with Crippen molar-refractivity contribution in [3.05, 3.63) is 70.5 Å². The van der Waals surface area contributed by atoms with Crippen LogP contribution in [0.5, 0.6) is 0 Å². The van der Waals surface area contributed by atoms with Gasteiger partial charge in [-0.1, -0.05) is 0 Å². The lowest BCUT2D eigenvalue weighted by atomic mass is 10.1. The van der Waals surface area contributed by atoms with Crippen molar-refractivity contribution in [2.75, 3.05) is 5.32 Å². The van der Waals surface area contributed by atoms with E-state index in [1.165, 1.54) is 22.5 Å². The van der Waals surface area contributed by atoms with Crippen LogP contribution < -0.4 is 5.32 Å². The molecule has 4 heterocycles. The highest BCUT2D eigenvalue weighted by atomic mass is 79.9. The Labute approximate surface area is 185 Å². The zero-order valence-corrected chi connectivity index (χ0v) is 18.2. The quantitative estimate of drug-likeness (QED) is 0.315. The Hall–Kier alpha value is -2.90. The maximum Gasteiger partial charge on any atom is 0.140 e. The highest BCUT2D eigenvalue weighted by Gasteiger charge is 2.27. The molecule has 5 aromatic rings. The number of anilines is 2. The second-order valence-corrected chi connectivity index (χ2v) is 9.33. The van der Waals surface area contributed by atoms with Crippen molar-refractivity contribution in [3.63, 3.8) is 0 Å². The van der Waals surface area contributed by atoms with Crippen molar-refractivity contribution < 1.29 is 0 Å². The molecule has 0 spiro atoms. The van der Waals surface area contributed by atoms with Crippen LogP contribution in [-0.4, -0.2) is 19.9 Å². The summed E-state index contributed by atoms with van der Waals surface area (Å²) in [6.07, 6.45) is 7.89. The number of thiazole rings is 1. The van der Waals surface area contributed by atoms with Crippen LogP contribution in [0, 0.1) is 0 Å². The van der Waals surface area contributed by atoms with Gasteiger partial charge in [-0.25, -0.2) is 9.97 Å². The fourth-order valence-corrected chi connectivity index (χ4v) is 5.18. The fourth-order valence-electron chi connectivity index (χ4n) is 3.55. The molecule has 0 aliphatic heterocycles. The van der Waals surface area contributed by atoms with Crippen LogP contribution in [0.3, 0.4) is 0 Å². The van der Waals surface area contributed by atoms with Crippen molar-refractivity contribution >= 4 is 59.9 Å². The highest BCUT2D eigenvalue weighted by molar-refractivity contribution is 9.10. The monoisotopic (exact) mass is 473 g/mol. The zero-order chi connectivity index (χ0) is 20.1. The van der Waals surface area contributed by atoms with Crippen molar-refractivity contribution in [1.82, 2.24) is 19.9 Å². The third-order valence-corrected chi connectivity index (χ3v) is 7.05. The van der Waals surface area contributed by atoms with Crippen LogP contribution in [0.2, 0.25) is 0 Å². The van der Waals surface area contributed by atoms with E-state index in [1.54, 1.807) is 29.9 Å². The fraction of sp³-hybridized carbons (Fsp3) is 0.130. The Morgan fingerprint density at radius 1 is 1.00 bits per heavy atom. The molecule has 0 radical (unpaired) electrons. The van der Waals surface area contributed by atoms with Crippen LogP contribution in [0.15, 0.2) is 65.5 Å². The molecule has 6 rings (SSSR count). The number of nitrogens with zero attached hydrogens (tertiary/aromatic N) is 4. The molecule has 1 N–H and O–H groups in total. The average Bonchev–Trinajstić information content (AvgIpc) is 3.53. The van der Waals surface area contributed by atoms with Crippen molar-refractivity contribution in [2.45, 2.75) is 18.8 Å². The molecule has 1 aliphatic carbocycles. The van der Waals surface area contributed by atoms with E-state index in [0.717, 1.165) is 43.7 Å². The Morgan fingerprint density at radius 2 is 1.93 bits per heavy atom. The predicted octanol–water partition coefficient (Wildman–Crippen LogP) is 6.69. The molecule has 5 nitrogen and oxygen atoms in total. The van der Waals surface area contributed by atoms with Gasteiger partial charge in [0.2, 0.25) is 0 Å².